The Morgan fingerprint density at radius 3 is 2.65 bits per heavy atom. The molecule has 0 aliphatic carbocycles. The molecule has 1 aliphatic rings. The lowest BCUT2D eigenvalue weighted by Gasteiger charge is -2.34. The maximum Gasteiger partial charge on any atom is 0.276 e. The number of piperazine rings is 1. The number of thiazole rings is 1. The van der Waals surface area contributed by atoms with Gasteiger partial charge in [0.2, 0.25) is 5.91 Å². The van der Waals surface area contributed by atoms with E-state index in [-0.39, 0.29) is 5.91 Å². The molecule has 4 aromatic rings. The van der Waals surface area contributed by atoms with E-state index in [1.165, 1.54) is 18.4 Å². The van der Waals surface area contributed by atoms with Crippen LogP contribution in [0.5, 0.6) is 0 Å². The van der Waals surface area contributed by atoms with Gasteiger partial charge in [-0.2, -0.15) is 0 Å². The van der Waals surface area contributed by atoms with E-state index in [1.807, 2.05) is 47.2 Å². The van der Waals surface area contributed by atoms with Gasteiger partial charge in [-0.05, 0) is 48.0 Å². The van der Waals surface area contributed by atoms with Crippen LogP contribution in [0.15, 0.2) is 48.7 Å². The van der Waals surface area contributed by atoms with Crippen molar-refractivity contribution in [2.75, 3.05) is 50.6 Å². The third kappa shape index (κ3) is 6.31. The minimum absolute atomic E-state index is 0.130. The van der Waals surface area contributed by atoms with Gasteiger partial charge in [-0.1, -0.05) is 22.9 Å². The molecule has 13 heteroatoms. The maximum atomic E-state index is 12.3. The van der Waals surface area contributed by atoms with Crippen LogP contribution in [0.25, 0.3) is 10.3 Å². The van der Waals surface area contributed by atoms with Crippen LogP contribution < -0.4 is 15.7 Å². The van der Waals surface area contributed by atoms with Crippen molar-refractivity contribution in [3.63, 3.8) is 0 Å². The molecule has 1 aromatic carbocycles. The summed E-state index contributed by atoms with van der Waals surface area (Å²) in [6.07, 6.45) is 1.79. The van der Waals surface area contributed by atoms with Crippen LogP contribution in [-0.2, 0) is 16.2 Å². The molecule has 0 bridgehead atoms. The summed E-state index contributed by atoms with van der Waals surface area (Å²) >= 11 is 7.65. The highest BCUT2D eigenvalue weighted by Crippen LogP contribution is 2.31. The van der Waals surface area contributed by atoms with Crippen LogP contribution in [0.3, 0.4) is 0 Å². The van der Waals surface area contributed by atoms with Crippen molar-refractivity contribution in [3.05, 3.63) is 64.8 Å². The smallest absolute Gasteiger partial charge is 0.276 e. The number of anilines is 4. The summed E-state index contributed by atoms with van der Waals surface area (Å²) in [7, 11) is 3.23. The molecule has 0 saturated carbocycles. The molecule has 1 saturated heterocycles. The Morgan fingerprint density at radius 1 is 1.10 bits per heavy atom. The Hall–Kier alpha value is -3.84. The second-order valence-corrected chi connectivity index (χ2v) is 10.7. The molecule has 2 amide bonds. The number of pyridine rings is 2. The molecule has 5 rings (SSSR count). The molecule has 0 spiro atoms. The van der Waals surface area contributed by atoms with Gasteiger partial charge in [0.15, 0.2) is 5.13 Å². The molecule has 1 aliphatic heterocycles. The molecule has 2 N–H and O–H groups in total. The summed E-state index contributed by atoms with van der Waals surface area (Å²) in [6.45, 7) is 5.62. The highest BCUT2D eigenvalue weighted by atomic mass is 35.5. The zero-order valence-electron chi connectivity index (χ0n) is 22.3. The predicted molar refractivity (Wildman–Crippen MR) is 156 cm³/mol. The first-order valence-corrected chi connectivity index (χ1v) is 13.8. The van der Waals surface area contributed by atoms with E-state index < -0.39 is 5.91 Å². The number of aromatic nitrogens is 3. The van der Waals surface area contributed by atoms with Crippen LogP contribution in [0.1, 0.15) is 22.8 Å². The molecular formula is C27H29ClN8O3S. The van der Waals surface area contributed by atoms with Crippen LogP contribution in [0.4, 0.5) is 22.5 Å². The summed E-state index contributed by atoms with van der Waals surface area (Å²) in [5, 5.41) is 4.32. The minimum atomic E-state index is -0.433. The van der Waals surface area contributed by atoms with E-state index >= 15 is 0 Å². The number of halogens is 1. The van der Waals surface area contributed by atoms with Gasteiger partial charge in [0.05, 0.1) is 17.7 Å². The summed E-state index contributed by atoms with van der Waals surface area (Å²) in [5.74, 6) is 1.09. The number of carbonyl (C=O) groups excluding carboxylic acids is 2. The first kappa shape index (κ1) is 27.7. The molecule has 11 nitrogen and oxygen atoms in total. The summed E-state index contributed by atoms with van der Waals surface area (Å²) in [5.41, 5.74) is 5.23. The van der Waals surface area contributed by atoms with Crippen LogP contribution in [-0.4, -0.2) is 76.9 Å². The lowest BCUT2D eigenvalue weighted by Crippen LogP contribution is -2.47. The van der Waals surface area contributed by atoms with Gasteiger partial charge < -0.3 is 15.1 Å². The summed E-state index contributed by atoms with van der Waals surface area (Å²) < 4.78 is 0. The predicted octanol–water partition coefficient (Wildman–Crippen LogP) is 4.21. The largest absolute Gasteiger partial charge is 0.340 e. The second kappa shape index (κ2) is 12.1. The first-order valence-electron chi connectivity index (χ1n) is 12.6. The lowest BCUT2D eigenvalue weighted by atomic mass is 10.1. The molecule has 40 heavy (non-hydrogen) atoms. The van der Waals surface area contributed by atoms with Crippen molar-refractivity contribution in [1.29, 1.82) is 0 Å². The number of rotatable bonds is 8. The number of hydrogen-bond acceptors (Lipinski definition) is 10. The summed E-state index contributed by atoms with van der Waals surface area (Å²) in [4.78, 5) is 49.4. The van der Waals surface area contributed by atoms with E-state index in [0.717, 1.165) is 54.3 Å². The molecule has 3 aromatic heterocycles. The minimum Gasteiger partial charge on any atom is -0.340 e. The molecule has 208 valence electrons. The number of amides is 2. The summed E-state index contributed by atoms with van der Waals surface area (Å²) in [6, 6.07) is 13.0. The molecule has 4 heterocycles. The van der Waals surface area contributed by atoms with E-state index in [9.17, 15) is 9.59 Å². The number of nitrogens with one attached hydrogen (secondary N) is 2. The fraction of sp³-hybridized carbons (Fsp3) is 0.296. The Morgan fingerprint density at radius 2 is 1.90 bits per heavy atom. The Bertz CT molecular complexity index is 1540. The van der Waals surface area contributed by atoms with Gasteiger partial charge in [-0.15, -0.1) is 0 Å². The Balaban J connectivity index is 1.28. The second-order valence-electron chi connectivity index (χ2n) is 9.33. The highest BCUT2D eigenvalue weighted by Gasteiger charge is 2.19. The first-order chi connectivity index (χ1) is 19.3. The van der Waals surface area contributed by atoms with Crippen molar-refractivity contribution in [3.8, 4) is 0 Å². The van der Waals surface area contributed by atoms with Gasteiger partial charge in [0, 0.05) is 58.6 Å². The lowest BCUT2D eigenvalue weighted by molar-refractivity contribution is -0.130. The third-order valence-corrected chi connectivity index (χ3v) is 7.85. The number of carbonyl (C=O) groups is 2. The molecule has 0 unspecified atom stereocenters. The topological polar surface area (TPSA) is 116 Å². The maximum absolute atomic E-state index is 12.3. The fourth-order valence-corrected chi connectivity index (χ4v) is 5.50. The molecule has 1 fully saturated rings. The van der Waals surface area contributed by atoms with E-state index in [4.69, 9.17) is 21.4 Å². The number of fused-ring (bicyclic) bond motifs is 1. The SMILES string of the molecule is CONC(=O)c1cc(N(C)c2ccc3nc(Nc4cc(CN5CCN(C(C)=O)CC5)ccn4)sc3n2)ccc1Cl. The van der Waals surface area contributed by atoms with Gasteiger partial charge in [0.1, 0.15) is 22.0 Å². The Kier molecular flexibility index (Phi) is 8.40. The van der Waals surface area contributed by atoms with Gasteiger partial charge in [-0.25, -0.2) is 20.4 Å². The number of hydroxylamine groups is 1. The van der Waals surface area contributed by atoms with Gasteiger partial charge in [-0.3, -0.25) is 19.3 Å². The normalized spacial score (nSPS) is 13.8. The number of benzene rings is 1. The van der Waals surface area contributed by atoms with E-state index in [0.29, 0.717) is 27.4 Å². The number of hydrogen-bond donors (Lipinski definition) is 2. The average Bonchev–Trinajstić information content (AvgIpc) is 3.35. The van der Waals surface area contributed by atoms with Crippen LogP contribution in [0.2, 0.25) is 5.02 Å². The van der Waals surface area contributed by atoms with Gasteiger partial charge in [0.25, 0.3) is 5.91 Å². The molecular weight excluding hydrogens is 552 g/mol. The third-order valence-electron chi connectivity index (χ3n) is 6.64. The van der Waals surface area contributed by atoms with Crippen molar-refractivity contribution >= 4 is 67.6 Å². The Labute approximate surface area is 240 Å². The average molecular weight is 581 g/mol. The molecule has 0 radical (unpaired) electrons. The van der Waals surface area contributed by atoms with Crippen LogP contribution in [0, 0.1) is 0 Å². The number of nitrogens with zero attached hydrogens (tertiary/aromatic N) is 6. The monoisotopic (exact) mass is 580 g/mol. The standard InChI is InChI=1S/C27H29ClN8O3S/c1-17(37)36-12-10-35(11-13-36)16-18-8-9-29-23(14-18)31-27-30-22-6-7-24(32-26(22)40-27)34(2)19-4-5-21(28)20(15-19)25(38)33-39-3/h4-9,14-15H,10-13,16H2,1-3H3,(H,33,38)(H,29,30,31). The van der Waals surface area contributed by atoms with Crippen LogP contribution >= 0.6 is 22.9 Å². The van der Waals surface area contributed by atoms with E-state index in [1.54, 1.807) is 25.3 Å². The van der Waals surface area contributed by atoms with Crippen molar-refractivity contribution in [2.45, 2.75) is 13.5 Å². The highest BCUT2D eigenvalue weighted by molar-refractivity contribution is 7.21. The van der Waals surface area contributed by atoms with E-state index in [2.05, 4.69) is 25.7 Å². The fourth-order valence-electron chi connectivity index (χ4n) is 4.45. The van der Waals surface area contributed by atoms with Crippen molar-refractivity contribution in [2.24, 2.45) is 0 Å². The zero-order chi connectivity index (χ0) is 28.2. The molecule has 0 atom stereocenters. The van der Waals surface area contributed by atoms with Crippen molar-refractivity contribution in [1.82, 2.24) is 30.2 Å². The zero-order valence-corrected chi connectivity index (χ0v) is 23.9. The van der Waals surface area contributed by atoms with Gasteiger partial charge >= 0.3 is 0 Å². The van der Waals surface area contributed by atoms with Crippen molar-refractivity contribution < 1.29 is 14.4 Å². The quantitative estimate of drug-likeness (QED) is 0.296.